The van der Waals surface area contributed by atoms with Crippen LogP contribution in [0.3, 0.4) is 0 Å². The van der Waals surface area contributed by atoms with Crippen molar-refractivity contribution < 1.29 is 26.3 Å². The third kappa shape index (κ3) is 5.11. The van der Waals surface area contributed by atoms with Gasteiger partial charge in [0, 0.05) is 0 Å². The average Bonchev–Trinajstić information content (AvgIpc) is 2.78. The Labute approximate surface area is 187 Å². The molecule has 0 heterocycles. The second-order valence-corrected chi connectivity index (χ2v) is 7.82. The van der Waals surface area contributed by atoms with Crippen LogP contribution in [0.2, 0.25) is 0 Å². The van der Waals surface area contributed by atoms with Gasteiger partial charge in [-0.15, -0.1) is 0 Å². The van der Waals surface area contributed by atoms with E-state index >= 15 is 0 Å². The van der Waals surface area contributed by atoms with Gasteiger partial charge in [0.15, 0.2) is 0 Å². The zero-order valence-corrected chi connectivity index (χ0v) is 17.4. The lowest BCUT2D eigenvalue weighted by Gasteiger charge is -2.13. The van der Waals surface area contributed by atoms with Crippen LogP contribution in [0.4, 0.5) is 26.3 Å². The van der Waals surface area contributed by atoms with E-state index in [0.29, 0.717) is 22.3 Å². The molecule has 4 aromatic rings. The van der Waals surface area contributed by atoms with Crippen LogP contribution in [0.1, 0.15) is 16.7 Å². The summed E-state index contributed by atoms with van der Waals surface area (Å²) in [6.07, 6.45) is -8.87. The van der Waals surface area contributed by atoms with E-state index in [-0.39, 0.29) is 0 Å². The topological polar surface area (TPSA) is 0 Å². The summed E-state index contributed by atoms with van der Waals surface area (Å²) in [6.45, 7) is 1.94. The quantitative estimate of drug-likeness (QED) is 0.270. The lowest BCUT2D eigenvalue weighted by molar-refractivity contribution is -0.138. The SMILES string of the molecule is Cc1cccc(-c2cc(-c3ccc(C(F)(F)F)cc3)cc(-c3ccc(C(F)(F)F)cc3)c2)c1. The summed E-state index contributed by atoms with van der Waals surface area (Å²) in [7, 11) is 0. The Morgan fingerprint density at radius 2 is 0.818 bits per heavy atom. The Morgan fingerprint density at radius 1 is 0.424 bits per heavy atom. The largest absolute Gasteiger partial charge is 0.416 e. The number of aryl methyl sites for hydroxylation is 1. The third-order valence-corrected chi connectivity index (χ3v) is 5.38. The Hall–Kier alpha value is -3.54. The predicted molar refractivity (Wildman–Crippen MR) is 117 cm³/mol. The standard InChI is InChI=1S/C27H18F6/c1-17-3-2-4-20(13-17)23-15-21(18-5-9-24(10-6-18)26(28,29)30)14-22(16-23)19-7-11-25(12-8-19)27(31,32)33/h2-16H,1H3. The van der Waals surface area contributed by atoms with E-state index in [1.807, 2.05) is 43.3 Å². The minimum absolute atomic E-state index is 0.575. The maximum absolute atomic E-state index is 13.0. The number of benzene rings is 4. The van der Waals surface area contributed by atoms with Gasteiger partial charge in [-0.3, -0.25) is 0 Å². The van der Waals surface area contributed by atoms with Gasteiger partial charge in [-0.2, -0.15) is 26.3 Å². The van der Waals surface area contributed by atoms with Crippen LogP contribution < -0.4 is 0 Å². The minimum Gasteiger partial charge on any atom is -0.166 e. The Bertz CT molecular complexity index is 1190. The van der Waals surface area contributed by atoms with E-state index < -0.39 is 23.5 Å². The molecule has 0 aromatic heterocycles. The van der Waals surface area contributed by atoms with Crippen LogP contribution in [-0.4, -0.2) is 0 Å². The molecule has 0 fully saturated rings. The van der Waals surface area contributed by atoms with E-state index in [0.717, 1.165) is 41.0 Å². The molecule has 0 radical (unpaired) electrons. The zero-order chi connectivity index (χ0) is 23.8. The molecular formula is C27H18F6. The Morgan fingerprint density at radius 3 is 1.18 bits per heavy atom. The Kier molecular flexibility index (Phi) is 5.78. The minimum atomic E-state index is -4.44. The van der Waals surface area contributed by atoms with Crippen LogP contribution >= 0.6 is 0 Å². The summed E-state index contributed by atoms with van der Waals surface area (Å²) in [6, 6.07) is 22.9. The first-order valence-corrected chi connectivity index (χ1v) is 10.1. The molecule has 0 bridgehead atoms. The molecule has 0 aliphatic heterocycles. The van der Waals surface area contributed by atoms with Gasteiger partial charge in [-0.1, -0.05) is 54.1 Å². The van der Waals surface area contributed by atoms with Crippen LogP contribution in [0.15, 0.2) is 91.0 Å². The molecule has 168 valence electrons. The molecule has 0 aliphatic rings. The highest BCUT2D eigenvalue weighted by Gasteiger charge is 2.30. The van der Waals surface area contributed by atoms with E-state index in [2.05, 4.69) is 0 Å². The van der Waals surface area contributed by atoms with Crippen molar-refractivity contribution in [3.63, 3.8) is 0 Å². The van der Waals surface area contributed by atoms with Crippen molar-refractivity contribution in [2.24, 2.45) is 0 Å². The zero-order valence-electron chi connectivity index (χ0n) is 17.4. The first-order valence-electron chi connectivity index (χ1n) is 10.1. The summed E-state index contributed by atoms with van der Waals surface area (Å²) in [4.78, 5) is 0. The van der Waals surface area contributed by atoms with Crippen molar-refractivity contribution in [1.82, 2.24) is 0 Å². The molecule has 0 atom stereocenters. The normalized spacial score (nSPS) is 12.1. The molecule has 6 heteroatoms. The molecule has 0 spiro atoms. The summed E-state index contributed by atoms with van der Waals surface area (Å²) in [5, 5.41) is 0. The summed E-state index contributed by atoms with van der Waals surface area (Å²) < 4.78 is 77.8. The monoisotopic (exact) mass is 456 g/mol. The van der Waals surface area contributed by atoms with Crippen LogP contribution in [0.5, 0.6) is 0 Å². The first kappa shape index (κ1) is 22.6. The number of halogens is 6. The summed E-state index contributed by atoms with van der Waals surface area (Å²) in [5.41, 5.74) is 3.73. The van der Waals surface area contributed by atoms with Crippen molar-refractivity contribution >= 4 is 0 Å². The highest BCUT2D eigenvalue weighted by Crippen LogP contribution is 2.36. The van der Waals surface area contributed by atoms with E-state index in [4.69, 9.17) is 0 Å². The molecule has 0 N–H and O–H groups in total. The lowest BCUT2D eigenvalue weighted by Crippen LogP contribution is -2.04. The summed E-state index contributed by atoms with van der Waals surface area (Å²) >= 11 is 0. The Balaban J connectivity index is 1.84. The van der Waals surface area contributed by atoms with Crippen LogP contribution in [-0.2, 0) is 12.4 Å². The molecule has 0 saturated heterocycles. The van der Waals surface area contributed by atoms with E-state index in [9.17, 15) is 26.3 Å². The molecule has 4 aromatic carbocycles. The number of alkyl halides is 6. The van der Waals surface area contributed by atoms with Crippen LogP contribution in [0.25, 0.3) is 33.4 Å². The first-order chi connectivity index (χ1) is 15.5. The van der Waals surface area contributed by atoms with Gasteiger partial charge in [-0.05, 0) is 82.8 Å². The lowest BCUT2D eigenvalue weighted by atomic mass is 9.92. The van der Waals surface area contributed by atoms with Crippen molar-refractivity contribution in [1.29, 1.82) is 0 Å². The fourth-order valence-electron chi connectivity index (χ4n) is 3.66. The van der Waals surface area contributed by atoms with E-state index in [1.54, 1.807) is 6.07 Å². The molecule has 33 heavy (non-hydrogen) atoms. The van der Waals surface area contributed by atoms with Crippen molar-refractivity contribution in [2.45, 2.75) is 19.3 Å². The van der Waals surface area contributed by atoms with Gasteiger partial charge in [-0.25, -0.2) is 0 Å². The summed E-state index contributed by atoms with van der Waals surface area (Å²) in [5.74, 6) is 0. The molecule has 0 unspecified atom stereocenters. The maximum Gasteiger partial charge on any atom is 0.416 e. The maximum atomic E-state index is 13.0. The molecule has 0 aliphatic carbocycles. The van der Waals surface area contributed by atoms with E-state index in [1.165, 1.54) is 24.3 Å². The van der Waals surface area contributed by atoms with Gasteiger partial charge in [0.25, 0.3) is 0 Å². The average molecular weight is 456 g/mol. The van der Waals surface area contributed by atoms with Gasteiger partial charge in [0.1, 0.15) is 0 Å². The smallest absolute Gasteiger partial charge is 0.166 e. The highest BCUT2D eigenvalue weighted by molar-refractivity contribution is 5.81. The second kappa shape index (κ2) is 8.43. The predicted octanol–water partition coefficient (Wildman–Crippen LogP) is 9.03. The van der Waals surface area contributed by atoms with Crippen molar-refractivity contribution in [3.05, 3.63) is 108 Å². The number of hydrogen-bond acceptors (Lipinski definition) is 0. The van der Waals surface area contributed by atoms with Crippen molar-refractivity contribution in [2.75, 3.05) is 0 Å². The van der Waals surface area contributed by atoms with Crippen molar-refractivity contribution in [3.8, 4) is 33.4 Å². The highest BCUT2D eigenvalue weighted by atomic mass is 19.4. The molecular weight excluding hydrogens is 438 g/mol. The molecule has 0 nitrogen and oxygen atoms in total. The molecule has 0 amide bonds. The van der Waals surface area contributed by atoms with Gasteiger partial charge >= 0.3 is 12.4 Å². The van der Waals surface area contributed by atoms with Crippen LogP contribution in [0, 0.1) is 6.92 Å². The third-order valence-electron chi connectivity index (χ3n) is 5.38. The van der Waals surface area contributed by atoms with Gasteiger partial charge in [0.05, 0.1) is 11.1 Å². The number of hydrogen-bond donors (Lipinski definition) is 0. The van der Waals surface area contributed by atoms with Gasteiger partial charge in [0.2, 0.25) is 0 Å². The fourth-order valence-corrected chi connectivity index (χ4v) is 3.66. The number of rotatable bonds is 3. The van der Waals surface area contributed by atoms with Gasteiger partial charge < -0.3 is 0 Å². The second-order valence-electron chi connectivity index (χ2n) is 7.82. The molecule has 0 saturated carbocycles. The molecule has 4 rings (SSSR count). The fraction of sp³-hybridized carbons (Fsp3) is 0.111.